The van der Waals surface area contributed by atoms with Crippen LogP contribution in [-0.2, 0) is 9.59 Å². The van der Waals surface area contributed by atoms with Crippen molar-refractivity contribution in [3.63, 3.8) is 0 Å². The molecule has 0 aliphatic carbocycles. The lowest BCUT2D eigenvalue weighted by Crippen LogP contribution is -2.21. The third kappa shape index (κ3) is 10.8. The zero-order valence-electron chi connectivity index (χ0n) is 19.6. The van der Waals surface area contributed by atoms with Gasteiger partial charge in [0.15, 0.2) is 5.82 Å². The lowest BCUT2D eigenvalue weighted by Gasteiger charge is -2.14. The summed E-state index contributed by atoms with van der Waals surface area (Å²) in [7, 11) is 0. The molecule has 15 heteroatoms. The SMILES string of the molecule is CC(Cl)(Cl)CC(=O)Nc1ccc(Cl)c(C(=O)Nc2ccc(F)c(NC(=O)CCSCCC(F)(F)F)c2F)c1. The van der Waals surface area contributed by atoms with Crippen LogP contribution in [0.2, 0.25) is 5.02 Å². The second kappa shape index (κ2) is 13.7. The summed E-state index contributed by atoms with van der Waals surface area (Å²) in [4.78, 5) is 36.9. The van der Waals surface area contributed by atoms with Crippen LogP contribution in [0.1, 0.15) is 36.5 Å². The number of anilines is 3. The Labute approximate surface area is 233 Å². The molecule has 2 aromatic carbocycles. The van der Waals surface area contributed by atoms with Gasteiger partial charge in [-0.05, 0) is 37.3 Å². The van der Waals surface area contributed by atoms with E-state index in [0.717, 1.165) is 23.9 Å². The molecule has 2 aromatic rings. The largest absolute Gasteiger partial charge is 0.389 e. The van der Waals surface area contributed by atoms with E-state index in [2.05, 4.69) is 10.6 Å². The molecule has 0 aliphatic rings. The van der Waals surface area contributed by atoms with E-state index in [-0.39, 0.29) is 40.6 Å². The molecule has 0 aliphatic heterocycles. The van der Waals surface area contributed by atoms with Crippen molar-refractivity contribution in [2.24, 2.45) is 0 Å². The maximum absolute atomic E-state index is 14.9. The van der Waals surface area contributed by atoms with Gasteiger partial charge in [-0.25, -0.2) is 8.78 Å². The highest BCUT2D eigenvalue weighted by molar-refractivity contribution is 7.99. The van der Waals surface area contributed by atoms with Crippen LogP contribution in [0, 0.1) is 11.6 Å². The van der Waals surface area contributed by atoms with E-state index in [1.807, 2.05) is 5.32 Å². The molecule has 38 heavy (non-hydrogen) atoms. The molecule has 208 valence electrons. The number of nitrogens with one attached hydrogen (secondary N) is 3. The van der Waals surface area contributed by atoms with Gasteiger partial charge in [-0.3, -0.25) is 14.4 Å². The minimum atomic E-state index is -4.32. The number of benzene rings is 2. The average molecular weight is 621 g/mol. The number of halogens is 8. The van der Waals surface area contributed by atoms with Gasteiger partial charge < -0.3 is 16.0 Å². The fourth-order valence-electron chi connectivity index (χ4n) is 2.87. The second-order valence-corrected chi connectivity index (χ2v) is 11.5. The number of alkyl halides is 5. The maximum atomic E-state index is 14.9. The number of amides is 3. The van der Waals surface area contributed by atoms with Crippen LogP contribution >= 0.6 is 46.6 Å². The number of carbonyl (C=O) groups is 3. The van der Waals surface area contributed by atoms with Crippen LogP contribution in [0.3, 0.4) is 0 Å². The van der Waals surface area contributed by atoms with E-state index >= 15 is 0 Å². The molecule has 2 rings (SSSR count). The summed E-state index contributed by atoms with van der Waals surface area (Å²) in [6, 6.07) is 5.67. The molecule has 0 unspecified atom stereocenters. The molecular formula is C23H21Cl3F5N3O3S. The molecule has 0 radical (unpaired) electrons. The zero-order valence-corrected chi connectivity index (χ0v) is 22.7. The van der Waals surface area contributed by atoms with Crippen LogP contribution in [0.15, 0.2) is 30.3 Å². The standard InChI is InChI=1S/C23H21Cl3F5N3O3S/c1-22(25,26)11-18(36)32-12-2-3-14(24)13(10-12)21(37)33-16-5-4-15(27)20(19(16)28)34-17(35)6-8-38-9-7-23(29,30)31/h2-5,10H,6-9,11H2,1H3,(H,32,36)(H,33,37)(H,34,35). The lowest BCUT2D eigenvalue weighted by molar-refractivity contribution is -0.129. The summed E-state index contributed by atoms with van der Waals surface area (Å²) in [5, 5.41) is 6.70. The molecule has 3 N–H and O–H groups in total. The normalized spacial score (nSPS) is 11.7. The lowest BCUT2D eigenvalue weighted by atomic mass is 10.1. The van der Waals surface area contributed by atoms with E-state index in [1.54, 1.807) is 0 Å². The Kier molecular flexibility index (Phi) is 11.5. The zero-order chi connectivity index (χ0) is 28.7. The predicted molar refractivity (Wildman–Crippen MR) is 140 cm³/mol. The van der Waals surface area contributed by atoms with Gasteiger partial charge in [0.1, 0.15) is 15.8 Å². The molecule has 0 bridgehead atoms. The fourth-order valence-corrected chi connectivity index (χ4v) is 4.23. The van der Waals surface area contributed by atoms with Crippen molar-refractivity contribution in [3.8, 4) is 0 Å². The minimum absolute atomic E-state index is 0.00197. The highest BCUT2D eigenvalue weighted by Crippen LogP contribution is 2.29. The van der Waals surface area contributed by atoms with Crippen LogP contribution in [0.25, 0.3) is 0 Å². The monoisotopic (exact) mass is 619 g/mol. The molecule has 0 fully saturated rings. The Morgan fingerprint density at radius 3 is 2.26 bits per heavy atom. The number of hydrogen-bond donors (Lipinski definition) is 3. The van der Waals surface area contributed by atoms with Gasteiger partial charge in [-0.1, -0.05) is 11.6 Å². The molecule has 0 saturated carbocycles. The van der Waals surface area contributed by atoms with E-state index in [0.29, 0.717) is 0 Å². The van der Waals surface area contributed by atoms with E-state index < -0.39 is 57.7 Å². The van der Waals surface area contributed by atoms with Gasteiger partial charge in [0.2, 0.25) is 11.8 Å². The highest BCUT2D eigenvalue weighted by atomic mass is 35.5. The summed E-state index contributed by atoms with van der Waals surface area (Å²) in [6.07, 6.45) is -5.88. The predicted octanol–water partition coefficient (Wildman–Crippen LogP) is 7.41. The third-order valence-corrected chi connectivity index (χ3v) is 6.16. The summed E-state index contributed by atoms with van der Waals surface area (Å²) >= 11 is 18.6. The van der Waals surface area contributed by atoms with Crippen molar-refractivity contribution in [3.05, 3.63) is 52.6 Å². The molecule has 0 aromatic heterocycles. The maximum Gasteiger partial charge on any atom is 0.389 e. The summed E-state index contributed by atoms with van der Waals surface area (Å²) in [6.45, 7) is 1.42. The average Bonchev–Trinajstić information content (AvgIpc) is 2.77. The molecule has 0 atom stereocenters. The van der Waals surface area contributed by atoms with Crippen molar-refractivity contribution in [2.75, 3.05) is 27.5 Å². The van der Waals surface area contributed by atoms with Gasteiger partial charge in [0.05, 0.1) is 29.1 Å². The first-order chi connectivity index (χ1) is 17.6. The Balaban J connectivity index is 2.08. The summed E-state index contributed by atoms with van der Waals surface area (Å²) < 4.78 is 64.3. The van der Waals surface area contributed by atoms with E-state index in [4.69, 9.17) is 34.8 Å². The van der Waals surface area contributed by atoms with E-state index in [9.17, 15) is 36.3 Å². The minimum Gasteiger partial charge on any atom is -0.326 e. The quantitative estimate of drug-likeness (QED) is 0.139. The van der Waals surface area contributed by atoms with Crippen molar-refractivity contribution in [1.82, 2.24) is 0 Å². The van der Waals surface area contributed by atoms with Crippen molar-refractivity contribution < 1.29 is 36.3 Å². The highest BCUT2D eigenvalue weighted by Gasteiger charge is 2.26. The Bertz CT molecular complexity index is 1190. The van der Waals surface area contributed by atoms with Crippen LogP contribution < -0.4 is 16.0 Å². The Hall–Kier alpha value is -2.28. The topological polar surface area (TPSA) is 87.3 Å². The molecule has 0 saturated heterocycles. The number of hydrogen-bond acceptors (Lipinski definition) is 4. The Morgan fingerprint density at radius 1 is 0.947 bits per heavy atom. The fraction of sp³-hybridized carbons (Fsp3) is 0.348. The molecule has 6 nitrogen and oxygen atoms in total. The molecular weight excluding hydrogens is 600 g/mol. The molecule has 3 amide bonds. The second-order valence-electron chi connectivity index (χ2n) is 8.00. The van der Waals surface area contributed by atoms with Gasteiger partial charge in [0.25, 0.3) is 5.91 Å². The number of carbonyl (C=O) groups excluding carboxylic acids is 3. The van der Waals surface area contributed by atoms with Crippen LogP contribution in [0.4, 0.5) is 39.0 Å². The first kappa shape index (κ1) is 31.9. The first-order valence-electron chi connectivity index (χ1n) is 10.8. The summed E-state index contributed by atoms with van der Waals surface area (Å²) in [5.74, 6) is -4.96. The molecule has 0 heterocycles. The first-order valence-corrected chi connectivity index (χ1v) is 13.1. The van der Waals surface area contributed by atoms with Crippen molar-refractivity contribution >= 4 is 81.3 Å². The molecule has 0 spiro atoms. The van der Waals surface area contributed by atoms with Crippen LogP contribution in [0.5, 0.6) is 0 Å². The number of rotatable bonds is 11. The number of thioether (sulfide) groups is 1. The van der Waals surface area contributed by atoms with Gasteiger partial charge in [0, 0.05) is 23.6 Å². The smallest absolute Gasteiger partial charge is 0.326 e. The van der Waals surface area contributed by atoms with E-state index in [1.165, 1.54) is 25.1 Å². The van der Waals surface area contributed by atoms with Crippen molar-refractivity contribution in [1.29, 1.82) is 0 Å². The van der Waals surface area contributed by atoms with Gasteiger partial charge >= 0.3 is 6.18 Å². The summed E-state index contributed by atoms with van der Waals surface area (Å²) in [5.41, 5.74) is -1.32. The van der Waals surface area contributed by atoms with Crippen LogP contribution in [-0.4, -0.2) is 39.7 Å². The third-order valence-electron chi connectivity index (χ3n) is 4.57. The van der Waals surface area contributed by atoms with Crippen molar-refractivity contribution in [2.45, 2.75) is 36.7 Å². The van der Waals surface area contributed by atoms with Gasteiger partial charge in [-0.15, -0.1) is 23.2 Å². The van der Waals surface area contributed by atoms with Gasteiger partial charge in [-0.2, -0.15) is 24.9 Å². The Morgan fingerprint density at radius 2 is 1.63 bits per heavy atom.